The largest absolute Gasteiger partial charge is 0.496 e. The molecule has 0 atom stereocenters. The number of furan rings is 1. The topological polar surface area (TPSA) is 61.3 Å². The first-order valence-corrected chi connectivity index (χ1v) is 7.21. The van der Waals surface area contributed by atoms with E-state index in [0.717, 1.165) is 33.4 Å². The van der Waals surface area contributed by atoms with E-state index in [-0.39, 0.29) is 0 Å². The maximum absolute atomic E-state index is 5.40. The molecule has 4 aromatic rings. The van der Waals surface area contributed by atoms with Gasteiger partial charge in [0.2, 0.25) is 5.82 Å². The number of fused-ring (bicyclic) bond motifs is 1. The Balaban J connectivity index is 1.73. The van der Waals surface area contributed by atoms with E-state index in [1.807, 2.05) is 49.4 Å². The van der Waals surface area contributed by atoms with E-state index < -0.39 is 0 Å². The Bertz CT molecular complexity index is 985. The molecule has 2 aromatic carbocycles. The number of methoxy groups -OCH3 is 1. The molecule has 5 nitrogen and oxygen atoms in total. The molecule has 0 spiro atoms. The van der Waals surface area contributed by atoms with Gasteiger partial charge in [0.15, 0.2) is 0 Å². The van der Waals surface area contributed by atoms with Crippen molar-refractivity contribution in [2.24, 2.45) is 0 Å². The van der Waals surface area contributed by atoms with E-state index in [9.17, 15) is 0 Å². The van der Waals surface area contributed by atoms with Gasteiger partial charge in [-0.25, -0.2) is 0 Å². The Labute approximate surface area is 132 Å². The molecule has 0 N–H and O–H groups in total. The quantitative estimate of drug-likeness (QED) is 0.559. The van der Waals surface area contributed by atoms with Crippen LogP contribution in [-0.4, -0.2) is 17.3 Å². The molecule has 23 heavy (non-hydrogen) atoms. The third kappa shape index (κ3) is 2.36. The summed E-state index contributed by atoms with van der Waals surface area (Å²) in [6.07, 6.45) is 1.66. The van der Waals surface area contributed by atoms with Gasteiger partial charge in [0.05, 0.1) is 13.4 Å². The van der Waals surface area contributed by atoms with Crippen molar-refractivity contribution >= 4 is 11.0 Å². The molecule has 5 heteroatoms. The fourth-order valence-corrected chi connectivity index (χ4v) is 2.52. The van der Waals surface area contributed by atoms with Gasteiger partial charge >= 0.3 is 0 Å². The Morgan fingerprint density at radius 1 is 1.00 bits per heavy atom. The van der Waals surface area contributed by atoms with Gasteiger partial charge in [-0.2, -0.15) is 4.98 Å². The molecule has 2 heterocycles. The number of aryl methyl sites for hydroxylation is 1. The third-order valence-corrected chi connectivity index (χ3v) is 3.79. The molecule has 0 radical (unpaired) electrons. The van der Waals surface area contributed by atoms with Crippen LogP contribution in [-0.2, 0) is 0 Å². The first kappa shape index (κ1) is 13.6. The van der Waals surface area contributed by atoms with Crippen molar-refractivity contribution < 1.29 is 13.7 Å². The zero-order valence-electron chi connectivity index (χ0n) is 12.7. The Morgan fingerprint density at radius 2 is 1.87 bits per heavy atom. The van der Waals surface area contributed by atoms with Crippen molar-refractivity contribution in [2.45, 2.75) is 6.92 Å². The van der Waals surface area contributed by atoms with Gasteiger partial charge in [-0.1, -0.05) is 11.2 Å². The summed E-state index contributed by atoms with van der Waals surface area (Å²) >= 11 is 0. The SMILES string of the molecule is COc1cc(-c2nc(-c3ccc4occc4c3)no2)ccc1C. The molecular formula is C18H14N2O3. The summed E-state index contributed by atoms with van der Waals surface area (Å²) in [7, 11) is 1.64. The normalized spacial score (nSPS) is 11.0. The Morgan fingerprint density at radius 3 is 2.74 bits per heavy atom. The fourth-order valence-electron chi connectivity index (χ4n) is 2.52. The highest BCUT2D eigenvalue weighted by Crippen LogP contribution is 2.28. The lowest BCUT2D eigenvalue weighted by Gasteiger charge is -2.04. The highest BCUT2D eigenvalue weighted by Gasteiger charge is 2.13. The highest BCUT2D eigenvalue weighted by molar-refractivity contribution is 5.82. The highest BCUT2D eigenvalue weighted by atomic mass is 16.5. The molecule has 0 bridgehead atoms. The molecule has 0 aliphatic rings. The van der Waals surface area contributed by atoms with Gasteiger partial charge in [0.1, 0.15) is 11.3 Å². The first-order chi connectivity index (χ1) is 11.2. The first-order valence-electron chi connectivity index (χ1n) is 7.21. The maximum atomic E-state index is 5.40. The van der Waals surface area contributed by atoms with Crippen LogP contribution < -0.4 is 4.74 Å². The van der Waals surface area contributed by atoms with Crippen LogP contribution in [0.25, 0.3) is 33.8 Å². The number of benzene rings is 2. The number of nitrogens with zero attached hydrogens (tertiary/aromatic N) is 2. The van der Waals surface area contributed by atoms with Crippen molar-refractivity contribution in [3.8, 4) is 28.6 Å². The molecule has 0 aliphatic carbocycles. The molecule has 0 fully saturated rings. The zero-order valence-corrected chi connectivity index (χ0v) is 12.7. The van der Waals surface area contributed by atoms with Crippen LogP contribution in [0.3, 0.4) is 0 Å². The summed E-state index contributed by atoms with van der Waals surface area (Å²) in [5.74, 6) is 1.80. The smallest absolute Gasteiger partial charge is 0.258 e. The second-order valence-corrected chi connectivity index (χ2v) is 5.28. The average Bonchev–Trinajstić information content (AvgIpc) is 3.23. The predicted molar refractivity (Wildman–Crippen MR) is 86.2 cm³/mol. The number of ether oxygens (including phenoxy) is 1. The number of hydrogen-bond acceptors (Lipinski definition) is 5. The molecule has 2 aromatic heterocycles. The van der Waals surface area contributed by atoms with Crippen LogP contribution >= 0.6 is 0 Å². The van der Waals surface area contributed by atoms with Crippen LogP contribution in [0.5, 0.6) is 5.75 Å². The van der Waals surface area contributed by atoms with Crippen LogP contribution in [0.1, 0.15) is 5.56 Å². The summed E-state index contributed by atoms with van der Waals surface area (Å²) in [6.45, 7) is 1.99. The van der Waals surface area contributed by atoms with Crippen molar-refractivity contribution in [3.05, 3.63) is 54.3 Å². The third-order valence-electron chi connectivity index (χ3n) is 3.79. The molecule has 0 saturated heterocycles. The van der Waals surface area contributed by atoms with E-state index in [1.54, 1.807) is 13.4 Å². The molecule has 0 aliphatic heterocycles. The minimum Gasteiger partial charge on any atom is -0.496 e. The molecule has 0 amide bonds. The van der Waals surface area contributed by atoms with Crippen LogP contribution in [0.15, 0.2) is 57.7 Å². The summed E-state index contributed by atoms with van der Waals surface area (Å²) in [5, 5.41) is 5.08. The van der Waals surface area contributed by atoms with Crippen molar-refractivity contribution in [1.82, 2.24) is 10.1 Å². The molecular weight excluding hydrogens is 292 g/mol. The maximum Gasteiger partial charge on any atom is 0.258 e. The zero-order chi connectivity index (χ0) is 15.8. The molecule has 114 valence electrons. The standard InChI is InChI=1S/C18H14N2O3/c1-11-3-4-14(10-16(11)21-2)18-19-17(20-23-18)13-5-6-15-12(9-13)7-8-22-15/h3-10H,1-2H3. The molecule has 4 rings (SSSR count). The monoisotopic (exact) mass is 306 g/mol. The fraction of sp³-hybridized carbons (Fsp3) is 0.111. The molecule has 0 unspecified atom stereocenters. The lowest BCUT2D eigenvalue weighted by molar-refractivity contribution is 0.410. The van der Waals surface area contributed by atoms with E-state index in [2.05, 4.69) is 10.1 Å². The van der Waals surface area contributed by atoms with Gasteiger partial charge in [0.25, 0.3) is 5.89 Å². The van der Waals surface area contributed by atoms with E-state index in [4.69, 9.17) is 13.7 Å². The van der Waals surface area contributed by atoms with Crippen molar-refractivity contribution in [2.75, 3.05) is 7.11 Å². The summed E-state index contributed by atoms with van der Waals surface area (Å²) in [6, 6.07) is 13.5. The van der Waals surface area contributed by atoms with Gasteiger partial charge in [-0.3, -0.25) is 0 Å². The second kappa shape index (κ2) is 5.28. The number of aromatic nitrogens is 2. The van der Waals surface area contributed by atoms with Gasteiger partial charge in [-0.05, 0) is 48.9 Å². The molecule has 0 saturated carbocycles. The van der Waals surface area contributed by atoms with E-state index in [0.29, 0.717) is 11.7 Å². The van der Waals surface area contributed by atoms with Crippen LogP contribution in [0.2, 0.25) is 0 Å². The van der Waals surface area contributed by atoms with Gasteiger partial charge in [0, 0.05) is 16.5 Å². The predicted octanol–water partition coefficient (Wildman–Crippen LogP) is 4.47. The van der Waals surface area contributed by atoms with E-state index >= 15 is 0 Å². The summed E-state index contributed by atoms with van der Waals surface area (Å²) in [5.41, 5.74) is 3.60. The number of rotatable bonds is 3. The average molecular weight is 306 g/mol. The lowest BCUT2D eigenvalue weighted by atomic mass is 10.1. The van der Waals surface area contributed by atoms with Gasteiger partial charge in [-0.15, -0.1) is 0 Å². The van der Waals surface area contributed by atoms with Crippen LogP contribution in [0.4, 0.5) is 0 Å². The van der Waals surface area contributed by atoms with Gasteiger partial charge < -0.3 is 13.7 Å². The lowest BCUT2D eigenvalue weighted by Crippen LogP contribution is -1.88. The van der Waals surface area contributed by atoms with Crippen LogP contribution in [0, 0.1) is 6.92 Å². The minimum absolute atomic E-state index is 0.464. The van der Waals surface area contributed by atoms with Crippen molar-refractivity contribution in [3.63, 3.8) is 0 Å². The van der Waals surface area contributed by atoms with Crippen molar-refractivity contribution in [1.29, 1.82) is 0 Å². The van der Waals surface area contributed by atoms with E-state index in [1.165, 1.54) is 0 Å². The summed E-state index contributed by atoms with van der Waals surface area (Å²) in [4.78, 5) is 4.48. The number of hydrogen-bond donors (Lipinski definition) is 0. The Kier molecular flexibility index (Phi) is 3.12. The summed E-state index contributed by atoms with van der Waals surface area (Å²) < 4.78 is 16.1. The minimum atomic E-state index is 0.464. The Hall–Kier alpha value is -3.08. The second-order valence-electron chi connectivity index (χ2n) is 5.28.